The Bertz CT molecular complexity index is 1010. The number of piperazine rings is 1. The van der Waals surface area contributed by atoms with E-state index < -0.39 is 0 Å². The fraction of sp³-hybridized carbons (Fsp3) is 0.286. The number of halogens is 1. The van der Waals surface area contributed by atoms with Crippen molar-refractivity contribution < 1.29 is 18.7 Å². The quantitative estimate of drug-likeness (QED) is 0.751. The first kappa shape index (κ1) is 18.2. The number of amides is 1. The highest BCUT2D eigenvalue weighted by Gasteiger charge is 2.25. The maximum absolute atomic E-state index is 14.0. The number of nitrogens with one attached hydrogen (secondary N) is 1. The Hall–Kier alpha value is -3.22. The third-order valence-corrected chi connectivity index (χ3v) is 5.18. The minimum absolute atomic E-state index is 0.0494. The number of para-hydroxylation sites is 1. The molecule has 1 aliphatic heterocycles. The zero-order chi connectivity index (χ0) is 19.7. The molecule has 1 aliphatic rings. The zero-order valence-corrected chi connectivity index (χ0v) is 15.9. The number of nitrogens with zero attached hydrogens (tertiary/aromatic N) is 2. The normalized spacial score (nSPS) is 14.4. The maximum Gasteiger partial charge on any atom is 0.256 e. The Morgan fingerprint density at radius 3 is 2.39 bits per heavy atom. The molecule has 28 heavy (non-hydrogen) atoms. The summed E-state index contributed by atoms with van der Waals surface area (Å²) in [6.07, 6.45) is 1.72. The van der Waals surface area contributed by atoms with E-state index in [-0.39, 0.29) is 11.7 Å². The van der Waals surface area contributed by atoms with Gasteiger partial charge in [-0.3, -0.25) is 4.79 Å². The lowest BCUT2D eigenvalue weighted by Gasteiger charge is -2.36. The number of ether oxygens (including phenoxy) is 2. The van der Waals surface area contributed by atoms with Crippen LogP contribution in [0.25, 0.3) is 10.9 Å². The molecule has 2 heterocycles. The lowest BCUT2D eigenvalue weighted by atomic mass is 10.1. The van der Waals surface area contributed by atoms with Gasteiger partial charge in [0.05, 0.1) is 31.0 Å². The van der Waals surface area contributed by atoms with E-state index in [1.54, 1.807) is 37.4 Å². The van der Waals surface area contributed by atoms with Gasteiger partial charge >= 0.3 is 0 Å². The molecule has 0 aliphatic carbocycles. The van der Waals surface area contributed by atoms with E-state index in [9.17, 15) is 9.18 Å². The molecular weight excluding hydrogens is 361 g/mol. The average Bonchev–Trinajstić information content (AvgIpc) is 3.15. The Kier molecular flexibility index (Phi) is 4.81. The molecule has 1 N–H and O–H groups in total. The van der Waals surface area contributed by atoms with Crippen LogP contribution >= 0.6 is 0 Å². The number of methoxy groups -OCH3 is 2. The first-order valence-electron chi connectivity index (χ1n) is 9.14. The standard InChI is InChI=1S/C21H22FN3O3/c1-27-19-11-14-15(13-23-17(14)12-20(19)28-2)21(26)25-9-7-24(8-10-25)18-6-4-3-5-16(18)22/h3-6,11-13,23H,7-10H2,1-2H3. The number of aromatic nitrogens is 1. The van der Waals surface area contributed by atoms with Crippen molar-refractivity contribution in [2.45, 2.75) is 0 Å². The summed E-state index contributed by atoms with van der Waals surface area (Å²) >= 11 is 0. The lowest BCUT2D eigenvalue weighted by Crippen LogP contribution is -2.49. The number of aromatic amines is 1. The van der Waals surface area contributed by atoms with Crippen LogP contribution in [0.4, 0.5) is 10.1 Å². The van der Waals surface area contributed by atoms with Crippen molar-refractivity contribution in [3.05, 3.63) is 54.0 Å². The second-order valence-corrected chi connectivity index (χ2v) is 6.69. The van der Waals surface area contributed by atoms with E-state index in [0.717, 1.165) is 10.9 Å². The topological polar surface area (TPSA) is 57.8 Å². The van der Waals surface area contributed by atoms with Gasteiger partial charge in [-0.2, -0.15) is 0 Å². The van der Waals surface area contributed by atoms with Crippen LogP contribution in [0.15, 0.2) is 42.6 Å². The number of hydrogen-bond donors (Lipinski definition) is 1. The van der Waals surface area contributed by atoms with Gasteiger partial charge in [0.15, 0.2) is 11.5 Å². The molecule has 1 amide bonds. The average molecular weight is 383 g/mol. The molecule has 2 aromatic carbocycles. The van der Waals surface area contributed by atoms with Gasteiger partial charge in [0.2, 0.25) is 0 Å². The van der Waals surface area contributed by atoms with E-state index in [4.69, 9.17) is 9.47 Å². The fourth-order valence-electron chi connectivity index (χ4n) is 3.65. The summed E-state index contributed by atoms with van der Waals surface area (Å²) in [5.41, 5.74) is 1.99. The van der Waals surface area contributed by atoms with Crippen molar-refractivity contribution in [3.63, 3.8) is 0 Å². The molecule has 1 saturated heterocycles. The summed E-state index contributed by atoms with van der Waals surface area (Å²) in [6.45, 7) is 2.25. The molecule has 6 nitrogen and oxygen atoms in total. The second-order valence-electron chi connectivity index (χ2n) is 6.69. The van der Waals surface area contributed by atoms with Crippen molar-refractivity contribution in [3.8, 4) is 11.5 Å². The molecule has 1 aromatic heterocycles. The van der Waals surface area contributed by atoms with E-state index in [1.807, 2.05) is 23.1 Å². The first-order valence-corrected chi connectivity index (χ1v) is 9.14. The van der Waals surface area contributed by atoms with E-state index >= 15 is 0 Å². The number of hydrogen-bond acceptors (Lipinski definition) is 4. The number of benzene rings is 2. The Labute approximate surface area is 162 Å². The van der Waals surface area contributed by atoms with Crippen LogP contribution in [-0.4, -0.2) is 56.2 Å². The smallest absolute Gasteiger partial charge is 0.256 e. The number of carbonyl (C=O) groups excluding carboxylic acids is 1. The second kappa shape index (κ2) is 7.42. The third kappa shape index (κ3) is 3.13. The third-order valence-electron chi connectivity index (χ3n) is 5.18. The molecule has 0 saturated carbocycles. The zero-order valence-electron chi connectivity index (χ0n) is 15.9. The SMILES string of the molecule is COc1cc2[nH]cc(C(=O)N3CCN(c4ccccc4F)CC3)c2cc1OC. The highest BCUT2D eigenvalue weighted by molar-refractivity contribution is 6.07. The molecule has 1 fully saturated rings. The van der Waals surface area contributed by atoms with Gasteiger partial charge in [-0.15, -0.1) is 0 Å². The monoisotopic (exact) mass is 383 g/mol. The van der Waals surface area contributed by atoms with Gasteiger partial charge in [-0.25, -0.2) is 4.39 Å². The molecule has 0 radical (unpaired) electrons. The van der Waals surface area contributed by atoms with Crippen molar-refractivity contribution in [2.75, 3.05) is 45.3 Å². The van der Waals surface area contributed by atoms with Crippen LogP contribution in [0, 0.1) is 5.82 Å². The highest BCUT2D eigenvalue weighted by atomic mass is 19.1. The number of rotatable bonds is 4. The summed E-state index contributed by atoms with van der Waals surface area (Å²) in [7, 11) is 3.15. The van der Waals surface area contributed by atoms with E-state index in [0.29, 0.717) is 48.9 Å². The van der Waals surface area contributed by atoms with Crippen LogP contribution in [0.5, 0.6) is 11.5 Å². The van der Waals surface area contributed by atoms with Gasteiger partial charge in [-0.1, -0.05) is 12.1 Å². The van der Waals surface area contributed by atoms with E-state index in [2.05, 4.69) is 4.98 Å². The van der Waals surface area contributed by atoms with Gasteiger partial charge in [0.25, 0.3) is 5.91 Å². The maximum atomic E-state index is 14.0. The van der Waals surface area contributed by atoms with Crippen LogP contribution in [0.1, 0.15) is 10.4 Å². The summed E-state index contributed by atoms with van der Waals surface area (Å²) in [6, 6.07) is 10.4. The molecular formula is C21H22FN3O3. The Morgan fingerprint density at radius 1 is 1.04 bits per heavy atom. The number of carbonyl (C=O) groups is 1. The number of fused-ring (bicyclic) bond motifs is 1. The largest absolute Gasteiger partial charge is 0.493 e. The van der Waals surface area contributed by atoms with Gasteiger partial charge in [0.1, 0.15) is 5.82 Å². The number of H-pyrrole nitrogens is 1. The number of anilines is 1. The molecule has 0 bridgehead atoms. The molecule has 4 rings (SSSR count). The molecule has 7 heteroatoms. The van der Waals surface area contributed by atoms with Crippen LogP contribution < -0.4 is 14.4 Å². The van der Waals surface area contributed by atoms with Gasteiger partial charge < -0.3 is 24.3 Å². The van der Waals surface area contributed by atoms with Crippen molar-refractivity contribution in [1.29, 1.82) is 0 Å². The molecule has 0 spiro atoms. The molecule has 0 unspecified atom stereocenters. The molecule has 3 aromatic rings. The summed E-state index contributed by atoms with van der Waals surface area (Å²) in [4.78, 5) is 20.0. The minimum Gasteiger partial charge on any atom is -0.493 e. The highest BCUT2D eigenvalue weighted by Crippen LogP contribution is 2.34. The summed E-state index contributed by atoms with van der Waals surface area (Å²) < 4.78 is 24.7. The summed E-state index contributed by atoms with van der Waals surface area (Å²) in [5.74, 6) is 0.897. The first-order chi connectivity index (χ1) is 13.6. The van der Waals surface area contributed by atoms with Crippen LogP contribution in [0.3, 0.4) is 0 Å². The van der Waals surface area contributed by atoms with Crippen molar-refractivity contribution >= 4 is 22.5 Å². The van der Waals surface area contributed by atoms with Gasteiger partial charge in [0, 0.05) is 43.8 Å². The minimum atomic E-state index is -0.236. The predicted molar refractivity (Wildman–Crippen MR) is 106 cm³/mol. The summed E-state index contributed by atoms with van der Waals surface area (Å²) in [5, 5.41) is 0.791. The molecule has 0 atom stereocenters. The van der Waals surface area contributed by atoms with Crippen molar-refractivity contribution in [2.24, 2.45) is 0 Å². The Balaban J connectivity index is 1.54. The van der Waals surface area contributed by atoms with Crippen LogP contribution in [0.2, 0.25) is 0 Å². The van der Waals surface area contributed by atoms with E-state index in [1.165, 1.54) is 6.07 Å². The van der Waals surface area contributed by atoms with Gasteiger partial charge in [-0.05, 0) is 18.2 Å². The predicted octanol–water partition coefficient (Wildman–Crippen LogP) is 3.29. The Morgan fingerprint density at radius 2 is 1.71 bits per heavy atom. The van der Waals surface area contributed by atoms with Crippen LogP contribution in [-0.2, 0) is 0 Å². The van der Waals surface area contributed by atoms with Crippen molar-refractivity contribution in [1.82, 2.24) is 9.88 Å². The molecule has 146 valence electrons. The fourth-order valence-corrected chi connectivity index (χ4v) is 3.65. The lowest BCUT2D eigenvalue weighted by molar-refractivity contribution is 0.0748.